The van der Waals surface area contributed by atoms with Crippen LogP contribution in [0.15, 0.2) is 53.3 Å². The molecular weight excluding hydrogens is 334 g/mol. The summed E-state index contributed by atoms with van der Waals surface area (Å²) in [5.41, 5.74) is 1.14. The number of aryl methyl sites for hydroxylation is 1. The minimum atomic E-state index is -0.531. The summed E-state index contributed by atoms with van der Waals surface area (Å²) in [4.78, 5) is 24.2. The van der Waals surface area contributed by atoms with E-state index in [1.165, 1.54) is 17.7 Å². The second kappa shape index (κ2) is 7.31. The van der Waals surface area contributed by atoms with Gasteiger partial charge in [0.05, 0.1) is 12.5 Å². The third-order valence-electron chi connectivity index (χ3n) is 4.13. The van der Waals surface area contributed by atoms with Crippen molar-refractivity contribution in [3.8, 4) is 11.5 Å². The highest BCUT2D eigenvalue weighted by Crippen LogP contribution is 2.29. The number of benzene rings is 2. The lowest BCUT2D eigenvalue weighted by Crippen LogP contribution is -2.26. The van der Waals surface area contributed by atoms with Crippen molar-refractivity contribution in [1.82, 2.24) is 4.57 Å². The van der Waals surface area contributed by atoms with E-state index >= 15 is 0 Å². The van der Waals surface area contributed by atoms with Gasteiger partial charge in [-0.1, -0.05) is 30.3 Å². The Kier molecular flexibility index (Phi) is 4.93. The van der Waals surface area contributed by atoms with Crippen molar-refractivity contribution < 1.29 is 19.4 Å². The van der Waals surface area contributed by atoms with Crippen LogP contribution in [0.25, 0.3) is 10.8 Å². The Morgan fingerprint density at radius 2 is 1.88 bits per heavy atom. The first-order valence-corrected chi connectivity index (χ1v) is 8.10. The lowest BCUT2D eigenvalue weighted by Gasteiger charge is -2.13. The lowest BCUT2D eigenvalue weighted by molar-refractivity contribution is -0.141. The van der Waals surface area contributed by atoms with E-state index < -0.39 is 11.5 Å². The molecule has 0 aliphatic carbocycles. The Balaban J connectivity index is 1.97. The first kappa shape index (κ1) is 17.5. The number of fused-ring (bicyclic) bond motifs is 1. The van der Waals surface area contributed by atoms with Crippen molar-refractivity contribution in [2.24, 2.45) is 0 Å². The molecule has 2 aromatic carbocycles. The molecule has 26 heavy (non-hydrogen) atoms. The van der Waals surface area contributed by atoms with Crippen molar-refractivity contribution in [2.45, 2.75) is 20.1 Å². The van der Waals surface area contributed by atoms with Crippen LogP contribution in [0.3, 0.4) is 0 Å². The quantitative estimate of drug-likeness (QED) is 0.714. The van der Waals surface area contributed by atoms with Crippen LogP contribution in [0.4, 0.5) is 0 Å². The predicted octanol–water partition coefficient (Wildman–Crippen LogP) is 2.77. The smallest absolute Gasteiger partial charge is 0.325 e. The predicted molar refractivity (Wildman–Crippen MR) is 97.4 cm³/mol. The number of carbonyl (C=O) groups is 1. The van der Waals surface area contributed by atoms with Crippen molar-refractivity contribution >= 4 is 16.7 Å². The number of rotatable bonds is 5. The number of esters is 1. The highest BCUT2D eigenvalue weighted by atomic mass is 16.5. The molecule has 3 aromatic rings. The van der Waals surface area contributed by atoms with Gasteiger partial charge in [-0.05, 0) is 30.0 Å². The molecule has 0 amide bonds. The topological polar surface area (TPSA) is 77.8 Å². The Morgan fingerprint density at radius 3 is 2.58 bits per heavy atom. The van der Waals surface area contributed by atoms with Crippen molar-refractivity contribution in [3.63, 3.8) is 0 Å². The number of phenolic OH excluding ortho intramolecular Hbond substituents is 1. The number of ether oxygens (including phenoxy) is 2. The van der Waals surface area contributed by atoms with E-state index in [0.717, 1.165) is 5.56 Å². The van der Waals surface area contributed by atoms with Gasteiger partial charge in [-0.15, -0.1) is 0 Å². The molecule has 1 heterocycles. The standard InChI is InChI=1S/C20H19NO5/c1-13-8-15-9-16(26-12-14-6-4-3-5-7-14)10-17(22)19(15)20(24)21(13)11-18(23)25-2/h3-10,22H,11-12H2,1-2H3. The summed E-state index contributed by atoms with van der Waals surface area (Å²) in [7, 11) is 1.26. The van der Waals surface area contributed by atoms with Crippen LogP contribution in [0, 0.1) is 6.92 Å². The number of methoxy groups -OCH3 is 1. The number of aromatic hydroxyl groups is 1. The van der Waals surface area contributed by atoms with E-state index in [1.807, 2.05) is 30.3 Å². The molecule has 3 rings (SSSR count). The van der Waals surface area contributed by atoms with Crippen LogP contribution in [-0.2, 0) is 22.7 Å². The Labute approximate surface area is 150 Å². The van der Waals surface area contributed by atoms with E-state index in [9.17, 15) is 14.7 Å². The van der Waals surface area contributed by atoms with Gasteiger partial charge in [-0.25, -0.2) is 0 Å². The first-order valence-electron chi connectivity index (χ1n) is 8.10. The summed E-state index contributed by atoms with van der Waals surface area (Å²) in [5.74, 6) is -0.255. The van der Waals surface area contributed by atoms with E-state index in [-0.39, 0.29) is 17.7 Å². The average Bonchev–Trinajstić information content (AvgIpc) is 2.63. The van der Waals surface area contributed by atoms with Crippen molar-refractivity contribution in [3.05, 3.63) is 70.1 Å². The zero-order chi connectivity index (χ0) is 18.7. The zero-order valence-corrected chi connectivity index (χ0v) is 14.6. The molecule has 134 valence electrons. The molecule has 0 fully saturated rings. The fourth-order valence-electron chi connectivity index (χ4n) is 2.78. The molecular formula is C20H19NO5. The molecule has 6 nitrogen and oxygen atoms in total. The molecule has 0 atom stereocenters. The fraction of sp³-hybridized carbons (Fsp3) is 0.200. The van der Waals surface area contributed by atoms with E-state index in [4.69, 9.17) is 4.74 Å². The number of pyridine rings is 1. The maximum Gasteiger partial charge on any atom is 0.325 e. The van der Waals surface area contributed by atoms with Gasteiger partial charge in [0.25, 0.3) is 5.56 Å². The second-order valence-corrected chi connectivity index (χ2v) is 5.93. The van der Waals surface area contributed by atoms with E-state index in [0.29, 0.717) is 23.4 Å². The fourth-order valence-corrected chi connectivity index (χ4v) is 2.78. The van der Waals surface area contributed by atoms with Crippen molar-refractivity contribution in [1.29, 1.82) is 0 Å². The van der Waals surface area contributed by atoms with Crippen LogP contribution in [0.2, 0.25) is 0 Å². The van der Waals surface area contributed by atoms with Gasteiger partial charge < -0.3 is 19.1 Å². The number of nitrogens with zero attached hydrogens (tertiary/aromatic N) is 1. The molecule has 6 heteroatoms. The highest BCUT2D eigenvalue weighted by Gasteiger charge is 2.14. The first-order chi connectivity index (χ1) is 12.5. The SMILES string of the molecule is COC(=O)Cn1c(C)cc2cc(OCc3ccccc3)cc(O)c2c1=O. The normalized spacial score (nSPS) is 10.7. The summed E-state index contributed by atoms with van der Waals surface area (Å²) < 4.78 is 11.6. The summed E-state index contributed by atoms with van der Waals surface area (Å²) >= 11 is 0. The largest absolute Gasteiger partial charge is 0.507 e. The molecule has 1 N–H and O–H groups in total. The minimum Gasteiger partial charge on any atom is -0.507 e. The van der Waals surface area contributed by atoms with Crippen LogP contribution in [0.1, 0.15) is 11.3 Å². The third kappa shape index (κ3) is 3.54. The minimum absolute atomic E-state index is 0.145. The molecule has 0 aliphatic rings. The molecule has 0 aliphatic heterocycles. The summed E-state index contributed by atoms with van der Waals surface area (Å²) in [6.07, 6.45) is 0. The van der Waals surface area contributed by atoms with Crippen LogP contribution < -0.4 is 10.3 Å². The number of hydrogen-bond acceptors (Lipinski definition) is 5. The van der Waals surface area contributed by atoms with Gasteiger partial charge >= 0.3 is 5.97 Å². The molecule has 0 saturated heterocycles. The highest BCUT2D eigenvalue weighted by molar-refractivity contribution is 5.89. The lowest BCUT2D eigenvalue weighted by atomic mass is 10.1. The Hall–Kier alpha value is -3.28. The maximum absolute atomic E-state index is 12.7. The van der Waals surface area contributed by atoms with Gasteiger partial charge in [-0.2, -0.15) is 0 Å². The monoisotopic (exact) mass is 353 g/mol. The van der Waals surface area contributed by atoms with E-state index in [2.05, 4.69) is 4.74 Å². The molecule has 0 saturated carbocycles. The van der Waals surface area contributed by atoms with Crippen LogP contribution in [-0.4, -0.2) is 22.8 Å². The second-order valence-electron chi connectivity index (χ2n) is 5.93. The number of carbonyl (C=O) groups excluding carboxylic acids is 1. The number of phenols is 1. The summed E-state index contributed by atoms with van der Waals surface area (Å²) in [5, 5.41) is 11.0. The van der Waals surface area contributed by atoms with Gasteiger partial charge in [0.2, 0.25) is 0 Å². The third-order valence-corrected chi connectivity index (χ3v) is 4.13. The molecule has 0 spiro atoms. The Bertz CT molecular complexity index is 1010. The van der Waals surface area contributed by atoms with Crippen molar-refractivity contribution in [2.75, 3.05) is 7.11 Å². The molecule has 0 radical (unpaired) electrons. The van der Waals surface area contributed by atoms with Crippen LogP contribution in [0.5, 0.6) is 11.5 Å². The molecule has 0 bridgehead atoms. The van der Waals surface area contributed by atoms with Gasteiger partial charge in [0.15, 0.2) is 0 Å². The van der Waals surface area contributed by atoms with E-state index in [1.54, 1.807) is 19.1 Å². The van der Waals surface area contributed by atoms with Gasteiger partial charge in [0.1, 0.15) is 24.7 Å². The number of hydrogen-bond donors (Lipinski definition) is 1. The molecule has 0 unspecified atom stereocenters. The van der Waals surface area contributed by atoms with Gasteiger partial charge in [0, 0.05) is 11.8 Å². The van der Waals surface area contributed by atoms with Gasteiger partial charge in [-0.3, -0.25) is 9.59 Å². The zero-order valence-electron chi connectivity index (χ0n) is 14.6. The molecule has 1 aromatic heterocycles. The summed E-state index contributed by atoms with van der Waals surface area (Å²) in [6.45, 7) is 1.87. The average molecular weight is 353 g/mol. The van der Waals surface area contributed by atoms with Crippen LogP contribution >= 0.6 is 0 Å². The number of aromatic nitrogens is 1. The Morgan fingerprint density at radius 1 is 1.15 bits per heavy atom. The maximum atomic E-state index is 12.7. The summed E-state index contributed by atoms with van der Waals surface area (Å²) in [6, 6.07) is 14.5.